The fraction of sp³-hybridized carbons (Fsp3) is 0.867. The molecule has 0 radical (unpaired) electrons. The van der Waals surface area contributed by atoms with Gasteiger partial charge in [-0.2, -0.15) is 0 Å². The summed E-state index contributed by atoms with van der Waals surface area (Å²) >= 11 is 1.57. The van der Waals surface area contributed by atoms with Crippen molar-refractivity contribution in [3.8, 4) is 0 Å². The van der Waals surface area contributed by atoms with Gasteiger partial charge in [0, 0.05) is 5.75 Å². The highest BCUT2D eigenvalue weighted by Crippen LogP contribution is 2.40. The van der Waals surface area contributed by atoms with Crippen LogP contribution in [-0.4, -0.2) is 51.3 Å². The standard InChI is InChI=1S/C15H25NO4S/c1-7(2)14-16(11(6-21-14)15(18)19)13(17)12-8(3)9(4)20-10(12)5/h7-12,14H,6H2,1-5H3,(H,18,19). The molecule has 0 aromatic rings. The van der Waals surface area contributed by atoms with Crippen molar-refractivity contribution in [3.63, 3.8) is 0 Å². The van der Waals surface area contributed by atoms with Gasteiger partial charge in [-0.25, -0.2) is 4.79 Å². The lowest BCUT2D eigenvalue weighted by molar-refractivity contribution is -0.152. The van der Waals surface area contributed by atoms with Crippen molar-refractivity contribution in [2.45, 2.75) is 58.2 Å². The van der Waals surface area contributed by atoms with E-state index in [9.17, 15) is 14.7 Å². The number of ether oxygens (including phenoxy) is 1. The number of amides is 1. The molecule has 5 nitrogen and oxygen atoms in total. The number of carboxylic acid groups (broad SMARTS) is 1. The fourth-order valence-electron chi connectivity index (χ4n) is 3.38. The molecule has 120 valence electrons. The van der Waals surface area contributed by atoms with Crippen LogP contribution in [0.25, 0.3) is 0 Å². The Morgan fingerprint density at radius 2 is 1.86 bits per heavy atom. The van der Waals surface area contributed by atoms with Crippen LogP contribution in [0.3, 0.4) is 0 Å². The van der Waals surface area contributed by atoms with E-state index in [4.69, 9.17) is 4.74 Å². The highest BCUT2D eigenvalue weighted by atomic mass is 32.2. The first-order valence-corrected chi connectivity index (χ1v) is 8.62. The summed E-state index contributed by atoms with van der Waals surface area (Å²) < 4.78 is 5.76. The van der Waals surface area contributed by atoms with E-state index >= 15 is 0 Å². The van der Waals surface area contributed by atoms with Crippen molar-refractivity contribution in [2.75, 3.05) is 5.75 Å². The normalized spacial score (nSPS) is 40.0. The highest BCUT2D eigenvalue weighted by molar-refractivity contribution is 8.00. The Bertz CT molecular complexity index is 428. The number of aliphatic carboxylic acids is 1. The predicted octanol–water partition coefficient (Wildman–Crippen LogP) is 2.06. The molecule has 6 heteroatoms. The Morgan fingerprint density at radius 3 is 2.29 bits per heavy atom. The molecule has 0 aliphatic carbocycles. The second kappa shape index (κ2) is 6.16. The van der Waals surface area contributed by atoms with Gasteiger partial charge in [0.15, 0.2) is 0 Å². The van der Waals surface area contributed by atoms with Gasteiger partial charge in [0.1, 0.15) is 6.04 Å². The van der Waals surface area contributed by atoms with Crippen LogP contribution in [0.15, 0.2) is 0 Å². The van der Waals surface area contributed by atoms with E-state index in [1.165, 1.54) is 0 Å². The van der Waals surface area contributed by atoms with Gasteiger partial charge in [0.25, 0.3) is 0 Å². The van der Waals surface area contributed by atoms with Gasteiger partial charge in [0.2, 0.25) is 5.91 Å². The smallest absolute Gasteiger partial charge is 0.327 e. The van der Waals surface area contributed by atoms with E-state index < -0.39 is 12.0 Å². The molecule has 2 aliphatic rings. The van der Waals surface area contributed by atoms with Gasteiger partial charge in [-0.1, -0.05) is 20.8 Å². The molecule has 6 unspecified atom stereocenters. The fourth-order valence-corrected chi connectivity index (χ4v) is 4.85. The minimum atomic E-state index is -0.911. The zero-order chi connectivity index (χ0) is 15.9. The van der Waals surface area contributed by atoms with Gasteiger partial charge in [-0.15, -0.1) is 11.8 Å². The van der Waals surface area contributed by atoms with Crippen LogP contribution in [0.5, 0.6) is 0 Å². The summed E-state index contributed by atoms with van der Waals surface area (Å²) in [5.74, 6) is -0.409. The Kier molecular flexibility index (Phi) is 4.88. The van der Waals surface area contributed by atoms with Crippen molar-refractivity contribution in [1.29, 1.82) is 0 Å². The third-order valence-corrected chi connectivity index (χ3v) is 6.29. The maximum absolute atomic E-state index is 13.0. The quantitative estimate of drug-likeness (QED) is 0.863. The average molecular weight is 315 g/mol. The van der Waals surface area contributed by atoms with Crippen LogP contribution in [0.1, 0.15) is 34.6 Å². The molecule has 6 atom stereocenters. The number of hydrogen-bond acceptors (Lipinski definition) is 4. The third-order valence-electron chi connectivity index (χ3n) is 4.67. The second-order valence-electron chi connectivity index (χ2n) is 6.50. The predicted molar refractivity (Wildman–Crippen MR) is 82.0 cm³/mol. The third kappa shape index (κ3) is 2.93. The molecule has 2 saturated heterocycles. The number of carbonyl (C=O) groups is 2. The van der Waals surface area contributed by atoms with Crippen molar-refractivity contribution < 1.29 is 19.4 Å². The lowest BCUT2D eigenvalue weighted by atomic mass is 9.87. The number of nitrogens with zero attached hydrogens (tertiary/aromatic N) is 1. The lowest BCUT2D eigenvalue weighted by Gasteiger charge is -2.33. The summed E-state index contributed by atoms with van der Waals surface area (Å²) in [6.07, 6.45) is -0.125. The van der Waals surface area contributed by atoms with Crippen LogP contribution in [0, 0.1) is 17.8 Å². The lowest BCUT2D eigenvalue weighted by Crippen LogP contribution is -2.51. The maximum Gasteiger partial charge on any atom is 0.327 e. The van der Waals surface area contributed by atoms with E-state index in [2.05, 4.69) is 0 Å². The first kappa shape index (κ1) is 16.6. The molecule has 2 aliphatic heterocycles. The van der Waals surface area contributed by atoms with E-state index in [1.807, 2.05) is 34.6 Å². The molecular weight excluding hydrogens is 290 g/mol. The van der Waals surface area contributed by atoms with Crippen LogP contribution >= 0.6 is 11.8 Å². The van der Waals surface area contributed by atoms with Crippen molar-refractivity contribution in [1.82, 2.24) is 4.90 Å². The summed E-state index contributed by atoms with van der Waals surface area (Å²) in [6, 6.07) is -0.717. The molecule has 0 aromatic carbocycles. The Labute approximate surface area is 130 Å². The molecule has 0 aromatic heterocycles. The number of carbonyl (C=O) groups excluding carboxylic acids is 1. The van der Waals surface area contributed by atoms with E-state index in [-0.39, 0.29) is 41.2 Å². The van der Waals surface area contributed by atoms with E-state index in [0.29, 0.717) is 5.75 Å². The van der Waals surface area contributed by atoms with Gasteiger partial charge < -0.3 is 14.7 Å². The largest absolute Gasteiger partial charge is 0.480 e. The molecular formula is C15H25NO4S. The average Bonchev–Trinajstić information content (AvgIpc) is 2.92. The number of thioether (sulfide) groups is 1. The first-order chi connectivity index (χ1) is 9.75. The summed E-state index contributed by atoms with van der Waals surface area (Å²) in [6.45, 7) is 9.96. The summed E-state index contributed by atoms with van der Waals surface area (Å²) in [5, 5.41) is 9.36. The number of hydrogen-bond donors (Lipinski definition) is 1. The zero-order valence-electron chi connectivity index (χ0n) is 13.3. The van der Waals surface area contributed by atoms with E-state index in [0.717, 1.165) is 0 Å². The van der Waals surface area contributed by atoms with Crippen molar-refractivity contribution >= 4 is 23.6 Å². The minimum Gasteiger partial charge on any atom is -0.480 e. The SMILES string of the molecule is CC(C)C1SCC(C(=O)O)N1C(=O)C1C(C)OC(C)C1C. The van der Waals surface area contributed by atoms with Gasteiger partial charge >= 0.3 is 5.97 Å². The number of carboxylic acids is 1. The summed E-state index contributed by atoms with van der Waals surface area (Å²) in [7, 11) is 0. The molecule has 1 N–H and O–H groups in total. The van der Waals surface area contributed by atoms with Crippen LogP contribution < -0.4 is 0 Å². The van der Waals surface area contributed by atoms with Crippen LogP contribution in [-0.2, 0) is 14.3 Å². The molecule has 0 bridgehead atoms. The maximum atomic E-state index is 13.0. The summed E-state index contributed by atoms with van der Waals surface area (Å²) in [5.41, 5.74) is 0. The van der Waals surface area contributed by atoms with Crippen molar-refractivity contribution in [2.24, 2.45) is 17.8 Å². The monoisotopic (exact) mass is 315 g/mol. The van der Waals surface area contributed by atoms with Gasteiger partial charge in [-0.05, 0) is 25.7 Å². The summed E-state index contributed by atoms with van der Waals surface area (Å²) in [4.78, 5) is 26.1. The van der Waals surface area contributed by atoms with Gasteiger partial charge in [0.05, 0.1) is 23.5 Å². The van der Waals surface area contributed by atoms with Crippen LogP contribution in [0.4, 0.5) is 0 Å². The Balaban J connectivity index is 2.27. The highest BCUT2D eigenvalue weighted by Gasteiger charge is 2.50. The van der Waals surface area contributed by atoms with Crippen LogP contribution in [0.2, 0.25) is 0 Å². The number of rotatable bonds is 3. The Morgan fingerprint density at radius 1 is 1.24 bits per heavy atom. The second-order valence-corrected chi connectivity index (χ2v) is 7.65. The molecule has 0 spiro atoms. The molecule has 2 fully saturated rings. The Hall–Kier alpha value is -0.750. The van der Waals surface area contributed by atoms with Crippen molar-refractivity contribution in [3.05, 3.63) is 0 Å². The minimum absolute atomic E-state index is 0.0324. The van der Waals surface area contributed by atoms with E-state index in [1.54, 1.807) is 16.7 Å². The molecule has 2 heterocycles. The zero-order valence-corrected chi connectivity index (χ0v) is 14.1. The molecule has 1 amide bonds. The molecule has 0 saturated carbocycles. The molecule has 21 heavy (non-hydrogen) atoms. The topological polar surface area (TPSA) is 66.8 Å². The molecule has 2 rings (SSSR count). The first-order valence-electron chi connectivity index (χ1n) is 7.57. The van der Waals surface area contributed by atoms with Gasteiger partial charge in [-0.3, -0.25) is 4.79 Å².